The Hall–Kier alpha value is -2.45. The molecule has 0 aliphatic carbocycles. The summed E-state index contributed by atoms with van der Waals surface area (Å²) in [5, 5.41) is 8.64. The fourth-order valence-corrected chi connectivity index (χ4v) is 3.99. The van der Waals surface area contributed by atoms with Gasteiger partial charge in [-0.3, -0.25) is 14.5 Å². The van der Waals surface area contributed by atoms with Crippen LogP contribution in [0.3, 0.4) is 0 Å². The van der Waals surface area contributed by atoms with Gasteiger partial charge in [0.25, 0.3) is 0 Å². The summed E-state index contributed by atoms with van der Waals surface area (Å²) in [4.78, 5) is 31.2. The number of rotatable bonds is 7. The smallest absolute Gasteiger partial charge is 0.237 e. The number of methoxy groups -OCH3 is 1. The third kappa shape index (κ3) is 5.08. The molecule has 7 nitrogen and oxygen atoms in total. The summed E-state index contributed by atoms with van der Waals surface area (Å²) >= 11 is 1.55. The lowest BCUT2D eigenvalue weighted by atomic mass is 10.1. The number of aryl methyl sites for hydroxylation is 2. The van der Waals surface area contributed by atoms with E-state index in [4.69, 9.17) is 4.74 Å². The Morgan fingerprint density at radius 3 is 2.93 bits per heavy atom. The van der Waals surface area contributed by atoms with Crippen molar-refractivity contribution in [2.24, 2.45) is 0 Å². The van der Waals surface area contributed by atoms with E-state index in [2.05, 4.69) is 26.6 Å². The number of nitrogens with zero attached hydrogens (tertiary/aromatic N) is 2. The van der Waals surface area contributed by atoms with Gasteiger partial charge in [-0.25, -0.2) is 4.98 Å². The van der Waals surface area contributed by atoms with Crippen LogP contribution >= 0.6 is 11.3 Å². The second-order valence-electron chi connectivity index (χ2n) is 6.92. The van der Waals surface area contributed by atoms with Crippen LogP contribution in [-0.2, 0) is 22.7 Å². The van der Waals surface area contributed by atoms with E-state index in [0.29, 0.717) is 26.2 Å². The zero-order chi connectivity index (χ0) is 20.1. The minimum Gasteiger partial charge on any atom is -0.496 e. The molecule has 0 bridgehead atoms. The lowest BCUT2D eigenvalue weighted by Gasteiger charge is -2.34. The number of hydrogen-bond donors (Lipinski definition) is 2. The van der Waals surface area contributed by atoms with Crippen LogP contribution in [0.1, 0.15) is 28.2 Å². The quantitative estimate of drug-likeness (QED) is 0.738. The van der Waals surface area contributed by atoms with Crippen LogP contribution in [0, 0.1) is 13.8 Å². The molecule has 150 valence electrons. The molecule has 1 aliphatic heterocycles. The Balaban J connectivity index is 1.62. The van der Waals surface area contributed by atoms with Crippen molar-refractivity contribution in [3.8, 4) is 5.75 Å². The summed E-state index contributed by atoms with van der Waals surface area (Å²) in [6.07, 6.45) is 0.129. The number of benzene rings is 1. The number of carbonyl (C=O) groups is 2. The highest BCUT2D eigenvalue weighted by Gasteiger charge is 2.31. The minimum absolute atomic E-state index is 0.101. The Bertz CT molecular complexity index is 852. The second kappa shape index (κ2) is 9.16. The summed E-state index contributed by atoms with van der Waals surface area (Å²) < 4.78 is 5.31. The van der Waals surface area contributed by atoms with Crippen molar-refractivity contribution < 1.29 is 14.3 Å². The highest BCUT2D eigenvalue weighted by molar-refractivity contribution is 7.09. The van der Waals surface area contributed by atoms with E-state index < -0.39 is 6.04 Å². The van der Waals surface area contributed by atoms with E-state index in [0.717, 1.165) is 27.6 Å². The van der Waals surface area contributed by atoms with Crippen LogP contribution in [0.25, 0.3) is 0 Å². The van der Waals surface area contributed by atoms with Crippen LogP contribution in [-0.4, -0.2) is 47.9 Å². The van der Waals surface area contributed by atoms with Gasteiger partial charge in [0.1, 0.15) is 5.75 Å². The number of aromatic nitrogens is 1. The lowest BCUT2D eigenvalue weighted by molar-refractivity contribution is -0.134. The summed E-state index contributed by atoms with van der Waals surface area (Å²) in [5.74, 6) is 0.591. The number of amides is 2. The van der Waals surface area contributed by atoms with Gasteiger partial charge in [0, 0.05) is 25.0 Å². The number of hydrogen-bond acceptors (Lipinski definition) is 6. The first-order chi connectivity index (χ1) is 13.5. The molecule has 1 aliphatic rings. The molecule has 1 fully saturated rings. The Labute approximate surface area is 169 Å². The van der Waals surface area contributed by atoms with Crippen LogP contribution in [0.2, 0.25) is 0 Å². The molecule has 1 atom stereocenters. The number of carbonyl (C=O) groups excluding carboxylic acids is 2. The van der Waals surface area contributed by atoms with Crippen molar-refractivity contribution in [3.63, 3.8) is 0 Å². The molecule has 1 aromatic heterocycles. The van der Waals surface area contributed by atoms with Gasteiger partial charge in [-0.05, 0) is 31.0 Å². The van der Waals surface area contributed by atoms with Gasteiger partial charge in [-0.1, -0.05) is 12.1 Å². The maximum atomic E-state index is 12.4. The maximum absolute atomic E-state index is 12.4. The second-order valence-corrected chi connectivity index (χ2v) is 7.98. The molecule has 1 unspecified atom stereocenters. The molecule has 1 saturated heterocycles. The topological polar surface area (TPSA) is 83.6 Å². The zero-order valence-electron chi connectivity index (χ0n) is 16.4. The molecule has 0 spiro atoms. The molecule has 3 rings (SSSR count). The summed E-state index contributed by atoms with van der Waals surface area (Å²) in [6, 6.07) is 5.52. The van der Waals surface area contributed by atoms with Gasteiger partial charge in [0.05, 0.1) is 36.8 Å². The van der Waals surface area contributed by atoms with E-state index in [-0.39, 0.29) is 18.2 Å². The molecule has 28 heavy (non-hydrogen) atoms. The highest BCUT2D eigenvalue weighted by atomic mass is 32.1. The van der Waals surface area contributed by atoms with E-state index >= 15 is 0 Å². The van der Waals surface area contributed by atoms with Gasteiger partial charge in [0.15, 0.2) is 0 Å². The summed E-state index contributed by atoms with van der Waals surface area (Å²) in [7, 11) is 1.65. The summed E-state index contributed by atoms with van der Waals surface area (Å²) in [6.45, 7) is 6.22. The molecule has 1 aromatic carbocycles. The minimum atomic E-state index is -0.478. The van der Waals surface area contributed by atoms with E-state index in [9.17, 15) is 9.59 Å². The molecule has 2 N–H and O–H groups in total. The molecule has 2 amide bonds. The first-order valence-electron chi connectivity index (χ1n) is 9.29. The Kier molecular flexibility index (Phi) is 6.64. The number of nitrogens with one attached hydrogen (secondary N) is 2. The molecule has 2 heterocycles. The molecule has 0 radical (unpaired) electrons. The third-order valence-corrected chi connectivity index (χ3v) is 5.62. The van der Waals surface area contributed by atoms with Crippen LogP contribution in [0.5, 0.6) is 5.75 Å². The van der Waals surface area contributed by atoms with Gasteiger partial charge in [0.2, 0.25) is 11.8 Å². The van der Waals surface area contributed by atoms with Crippen molar-refractivity contribution in [3.05, 3.63) is 45.4 Å². The first-order valence-corrected chi connectivity index (χ1v) is 10.2. The average Bonchev–Trinajstić information content (AvgIpc) is 3.08. The van der Waals surface area contributed by atoms with Crippen molar-refractivity contribution in [2.45, 2.75) is 39.4 Å². The van der Waals surface area contributed by atoms with E-state index in [1.807, 2.05) is 31.4 Å². The fourth-order valence-electron chi connectivity index (χ4n) is 3.37. The lowest BCUT2D eigenvalue weighted by Crippen LogP contribution is -2.56. The van der Waals surface area contributed by atoms with Crippen LogP contribution in [0.4, 0.5) is 0 Å². The van der Waals surface area contributed by atoms with Crippen molar-refractivity contribution in [1.29, 1.82) is 0 Å². The van der Waals surface area contributed by atoms with E-state index in [1.54, 1.807) is 18.4 Å². The van der Waals surface area contributed by atoms with Crippen molar-refractivity contribution in [1.82, 2.24) is 20.5 Å². The molecule has 8 heteroatoms. The highest BCUT2D eigenvalue weighted by Crippen LogP contribution is 2.21. The van der Waals surface area contributed by atoms with Gasteiger partial charge >= 0.3 is 0 Å². The number of ether oxygens (including phenoxy) is 1. The largest absolute Gasteiger partial charge is 0.496 e. The Morgan fingerprint density at radius 1 is 1.43 bits per heavy atom. The van der Waals surface area contributed by atoms with Crippen molar-refractivity contribution in [2.75, 3.05) is 20.2 Å². The van der Waals surface area contributed by atoms with Gasteiger partial charge < -0.3 is 15.4 Å². The van der Waals surface area contributed by atoms with Crippen LogP contribution < -0.4 is 15.4 Å². The fraction of sp³-hybridized carbons (Fsp3) is 0.450. The van der Waals surface area contributed by atoms with E-state index in [1.165, 1.54) is 0 Å². The molecule has 0 saturated carbocycles. The molecule has 2 aromatic rings. The molecular weight excluding hydrogens is 376 g/mol. The maximum Gasteiger partial charge on any atom is 0.237 e. The van der Waals surface area contributed by atoms with Gasteiger partial charge in [-0.15, -0.1) is 11.3 Å². The summed E-state index contributed by atoms with van der Waals surface area (Å²) in [5.41, 5.74) is 2.99. The predicted octanol–water partition coefficient (Wildman–Crippen LogP) is 1.78. The third-order valence-electron chi connectivity index (χ3n) is 4.80. The normalized spacial score (nSPS) is 17.2. The van der Waals surface area contributed by atoms with Crippen molar-refractivity contribution >= 4 is 23.2 Å². The number of thiazole rings is 1. The zero-order valence-corrected chi connectivity index (χ0v) is 17.3. The predicted molar refractivity (Wildman–Crippen MR) is 108 cm³/mol. The first kappa shape index (κ1) is 20.3. The average molecular weight is 403 g/mol. The van der Waals surface area contributed by atoms with Crippen LogP contribution in [0.15, 0.2) is 23.6 Å². The Morgan fingerprint density at radius 2 is 2.25 bits per heavy atom. The van der Waals surface area contributed by atoms with Gasteiger partial charge in [-0.2, -0.15) is 0 Å². The monoisotopic (exact) mass is 402 g/mol. The standard InChI is InChI=1S/C20H26N4O3S/c1-13-8-15(4-5-18(13)27-3)11-24-7-6-21-20(26)17(24)9-19(25)22-10-16-12-28-14(2)23-16/h4-5,8,12,17H,6-7,9-11H2,1-3H3,(H,21,26)(H,22,25). The number of piperazine rings is 1. The molecular formula is C20H26N4O3S. The SMILES string of the molecule is COc1ccc(CN2CCNC(=O)C2CC(=O)NCc2csc(C)n2)cc1C.